The van der Waals surface area contributed by atoms with Crippen molar-refractivity contribution in [2.45, 2.75) is 39.7 Å². The number of hydrogen-bond acceptors (Lipinski definition) is 2. The maximum atomic E-state index is 11.9. The van der Waals surface area contributed by atoms with Crippen LogP contribution in [-0.2, 0) is 22.6 Å². The van der Waals surface area contributed by atoms with Gasteiger partial charge in [-0.05, 0) is 41.2 Å². The van der Waals surface area contributed by atoms with Gasteiger partial charge in [-0.2, -0.15) is 0 Å². The lowest BCUT2D eigenvalue weighted by molar-refractivity contribution is -0.136. The molecule has 2 aromatic rings. The van der Waals surface area contributed by atoms with Crippen LogP contribution in [0.2, 0.25) is 0 Å². The molecule has 4 nitrogen and oxygen atoms in total. The van der Waals surface area contributed by atoms with Gasteiger partial charge in [0, 0.05) is 12.2 Å². The van der Waals surface area contributed by atoms with E-state index in [2.05, 4.69) is 31.4 Å². The van der Waals surface area contributed by atoms with Gasteiger partial charge in [0.1, 0.15) is 0 Å². The second-order valence-corrected chi connectivity index (χ2v) is 6.08. The first-order valence-electron chi connectivity index (χ1n) is 8.26. The number of benzene rings is 2. The topological polar surface area (TPSA) is 58.2 Å². The van der Waals surface area contributed by atoms with E-state index in [9.17, 15) is 9.59 Å². The maximum Gasteiger partial charge on any atom is 0.313 e. The van der Waals surface area contributed by atoms with Gasteiger partial charge < -0.3 is 10.6 Å². The summed E-state index contributed by atoms with van der Waals surface area (Å²) in [6.45, 7) is 6.64. The second-order valence-electron chi connectivity index (χ2n) is 6.08. The average Bonchev–Trinajstić information content (AvgIpc) is 2.60. The Morgan fingerprint density at radius 1 is 0.875 bits per heavy atom. The number of hydrogen-bond donors (Lipinski definition) is 2. The summed E-state index contributed by atoms with van der Waals surface area (Å²) in [4.78, 5) is 23.8. The van der Waals surface area contributed by atoms with Crippen molar-refractivity contribution in [1.29, 1.82) is 0 Å². The average molecular weight is 324 g/mol. The van der Waals surface area contributed by atoms with Crippen LogP contribution in [0.15, 0.2) is 48.5 Å². The van der Waals surface area contributed by atoms with Crippen LogP contribution in [0.1, 0.15) is 43.4 Å². The lowest BCUT2D eigenvalue weighted by atomic mass is 10.0. The third-order valence-electron chi connectivity index (χ3n) is 3.93. The van der Waals surface area contributed by atoms with Crippen LogP contribution in [0.25, 0.3) is 0 Å². The molecular formula is C20H24N2O2. The van der Waals surface area contributed by atoms with Crippen LogP contribution in [-0.4, -0.2) is 11.8 Å². The minimum Gasteiger partial charge on any atom is -0.344 e. The van der Waals surface area contributed by atoms with E-state index in [4.69, 9.17) is 0 Å². The zero-order valence-corrected chi connectivity index (χ0v) is 14.4. The van der Waals surface area contributed by atoms with Gasteiger partial charge in [-0.15, -0.1) is 0 Å². The highest BCUT2D eigenvalue weighted by Crippen LogP contribution is 2.17. The molecule has 0 aliphatic heterocycles. The molecule has 2 aromatic carbocycles. The molecule has 2 amide bonds. The molecule has 0 aliphatic carbocycles. The van der Waals surface area contributed by atoms with E-state index >= 15 is 0 Å². The van der Waals surface area contributed by atoms with Gasteiger partial charge in [0.2, 0.25) is 0 Å². The van der Waals surface area contributed by atoms with Gasteiger partial charge in [-0.25, -0.2) is 0 Å². The second kappa shape index (κ2) is 8.29. The predicted molar refractivity (Wildman–Crippen MR) is 96.8 cm³/mol. The minimum absolute atomic E-state index is 0.336. The number of carbonyl (C=O) groups is 2. The quantitative estimate of drug-likeness (QED) is 0.825. The van der Waals surface area contributed by atoms with Crippen molar-refractivity contribution in [3.63, 3.8) is 0 Å². The summed E-state index contributed by atoms with van der Waals surface area (Å²) < 4.78 is 0. The molecule has 2 N–H and O–H groups in total. The Bertz CT molecular complexity index is 689. The predicted octanol–water partition coefficient (Wildman–Crippen LogP) is 3.63. The molecule has 0 bridgehead atoms. The molecule has 2 rings (SSSR count). The number of aryl methyl sites for hydroxylation is 1. The van der Waals surface area contributed by atoms with Gasteiger partial charge in [0.05, 0.1) is 0 Å². The van der Waals surface area contributed by atoms with Crippen molar-refractivity contribution in [1.82, 2.24) is 5.32 Å². The summed E-state index contributed by atoms with van der Waals surface area (Å²) in [6.07, 6.45) is 0.977. The molecule has 0 fully saturated rings. The van der Waals surface area contributed by atoms with Crippen molar-refractivity contribution in [2.24, 2.45) is 0 Å². The van der Waals surface area contributed by atoms with Crippen LogP contribution in [0.3, 0.4) is 0 Å². The summed E-state index contributed by atoms with van der Waals surface area (Å²) in [6, 6.07) is 15.5. The van der Waals surface area contributed by atoms with E-state index in [0.717, 1.165) is 12.0 Å². The first-order valence-corrected chi connectivity index (χ1v) is 8.26. The number of nitrogens with one attached hydrogen (secondary N) is 2. The Morgan fingerprint density at radius 3 is 2.00 bits per heavy atom. The molecule has 0 aliphatic rings. The molecule has 126 valence electrons. The summed E-state index contributed by atoms with van der Waals surface area (Å²) in [5.41, 5.74) is 4.02. The summed E-state index contributed by atoms with van der Waals surface area (Å²) >= 11 is 0. The standard InChI is InChI=1S/C20H24N2O2/c1-4-15-5-7-16(8-6-15)13-21-19(23)20(24)22-18-11-9-17(10-12-18)14(2)3/h5-12,14H,4,13H2,1-3H3,(H,21,23)(H,22,24). The molecule has 4 heteroatoms. The number of rotatable bonds is 5. The number of carbonyl (C=O) groups excluding carboxylic acids is 2. The van der Waals surface area contributed by atoms with E-state index in [-0.39, 0.29) is 0 Å². The van der Waals surface area contributed by atoms with Crippen LogP contribution in [0, 0.1) is 0 Å². The first kappa shape index (κ1) is 17.7. The van der Waals surface area contributed by atoms with Crippen LogP contribution in [0.4, 0.5) is 5.69 Å². The zero-order chi connectivity index (χ0) is 17.5. The van der Waals surface area contributed by atoms with E-state index < -0.39 is 11.8 Å². The van der Waals surface area contributed by atoms with Gasteiger partial charge in [-0.1, -0.05) is 57.2 Å². The molecule has 0 aromatic heterocycles. The van der Waals surface area contributed by atoms with Crippen molar-refractivity contribution in [3.05, 3.63) is 65.2 Å². The fraction of sp³-hybridized carbons (Fsp3) is 0.300. The van der Waals surface area contributed by atoms with Crippen LogP contribution in [0.5, 0.6) is 0 Å². The Hall–Kier alpha value is -2.62. The molecule has 24 heavy (non-hydrogen) atoms. The Labute approximate surface area is 143 Å². The fourth-order valence-electron chi connectivity index (χ4n) is 2.29. The maximum absolute atomic E-state index is 11.9. The zero-order valence-electron chi connectivity index (χ0n) is 14.4. The Kier molecular flexibility index (Phi) is 6.13. The number of amides is 2. The third kappa shape index (κ3) is 4.95. The minimum atomic E-state index is -0.655. The summed E-state index contributed by atoms with van der Waals surface area (Å²) in [5.74, 6) is -0.864. The Balaban J connectivity index is 1.86. The molecule has 0 saturated heterocycles. The summed E-state index contributed by atoms with van der Waals surface area (Å²) in [5, 5.41) is 5.25. The van der Waals surface area contributed by atoms with Gasteiger partial charge in [0.15, 0.2) is 0 Å². The molecular weight excluding hydrogens is 300 g/mol. The van der Waals surface area contributed by atoms with Crippen molar-refractivity contribution >= 4 is 17.5 Å². The largest absolute Gasteiger partial charge is 0.344 e. The van der Waals surface area contributed by atoms with E-state index in [1.807, 2.05) is 48.5 Å². The van der Waals surface area contributed by atoms with Crippen molar-refractivity contribution in [2.75, 3.05) is 5.32 Å². The van der Waals surface area contributed by atoms with Crippen molar-refractivity contribution in [3.8, 4) is 0 Å². The lowest BCUT2D eigenvalue weighted by Gasteiger charge is -2.09. The van der Waals surface area contributed by atoms with Gasteiger partial charge >= 0.3 is 11.8 Å². The highest BCUT2D eigenvalue weighted by atomic mass is 16.2. The van der Waals surface area contributed by atoms with E-state index in [0.29, 0.717) is 18.2 Å². The number of anilines is 1. The molecule has 0 spiro atoms. The molecule has 0 saturated carbocycles. The van der Waals surface area contributed by atoms with Gasteiger partial charge in [-0.3, -0.25) is 9.59 Å². The smallest absolute Gasteiger partial charge is 0.313 e. The third-order valence-corrected chi connectivity index (χ3v) is 3.93. The molecule has 0 unspecified atom stereocenters. The van der Waals surface area contributed by atoms with Gasteiger partial charge in [0.25, 0.3) is 0 Å². The van der Waals surface area contributed by atoms with Crippen LogP contribution >= 0.6 is 0 Å². The van der Waals surface area contributed by atoms with E-state index in [1.54, 1.807) is 0 Å². The van der Waals surface area contributed by atoms with E-state index in [1.165, 1.54) is 11.1 Å². The summed E-state index contributed by atoms with van der Waals surface area (Å²) in [7, 11) is 0. The molecule has 0 heterocycles. The molecule has 0 radical (unpaired) electrons. The first-order chi connectivity index (χ1) is 11.5. The highest BCUT2D eigenvalue weighted by molar-refractivity contribution is 6.39. The SMILES string of the molecule is CCc1ccc(CNC(=O)C(=O)Nc2ccc(C(C)C)cc2)cc1. The Morgan fingerprint density at radius 2 is 1.46 bits per heavy atom. The lowest BCUT2D eigenvalue weighted by Crippen LogP contribution is -2.34. The normalized spacial score (nSPS) is 10.5. The monoisotopic (exact) mass is 324 g/mol. The van der Waals surface area contributed by atoms with Crippen molar-refractivity contribution < 1.29 is 9.59 Å². The van der Waals surface area contributed by atoms with Crippen LogP contribution < -0.4 is 10.6 Å². The molecule has 0 atom stereocenters. The fourth-order valence-corrected chi connectivity index (χ4v) is 2.29. The highest BCUT2D eigenvalue weighted by Gasteiger charge is 2.13.